The topological polar surface area (TPSA) is 118 Å². The van der Waals surface area contributed by atoms with Crippen molar-refractivity contribution in [2.75, 3.05) is 11.5 Å². The van der Waals surface area contributed by atoms with Crippen LogP contribution in [0.15, 0.2) is 75.4 Å². The fourth-order valence-electron chi connectivity index (χ4n) is 3.79. The van der Waals surface area contributed by atoms with Crippen molar-refractivity contribution >= 4 is 23.4 Å². The molecule has 0 saturated heterocycles. The van der Waals surface area contributed by atoms with Crippen LogP contribution in [0.3, 0.4) is 0 Å². The molecule has 9 nitrogen and oxygen atoms in total. The Hall–Kier alpha value is -3.92. The van der Waals surface area contributed by atoms with Gasteiger partial charge in [-0.05, 0) is 25.0 Å². The van der Waals surface area contributed by atoms with E-state index in [1.54, 1.807) is 6.92 Å². The molecule has 0 radical (unpaired) electrons. The third-order valence-corrected chi connectivity index (χ3v) is 6.63. The summed E-state index contributed by atoms with van der Waals surface area (Å²) in [6.45, 7) is 4.38. The van der Waals surface area contributed by atoms with Crippen LogP contribution >= 0.6 is 11.8 Å². The molecule has 2 heterocycles. The van der Waals surface area contributed by atoms with Crippen LogP contribution < -0.4 is 17.0 Å². The maximum Gasteiger partial charge on any atom is 0.332 e. The maximum absolute atomic E-state index is 13.2. The smallest absolute Gasteiger partial charge is 0.332 e. The summed E-state index contributed by atoms with van der Waals surface area (Å²) in [6.07, 6.45) is 0. The highest BCUT2D eigenvalue weighted by atomic mass is 32.2. The van der Waals surface area contributed by atoms with Gasteiger partial charge in [0, 0.05) is 6.54 Å². The van der Waals surface area contributed by atoms with Crippen LogP contribution in [0.4, 0.5) is 5.82 Å². The van der Waals surface area contributed by atoms with E-state index >= 15 is 0 Å². The second-order valence-electron chi connectivity index (χ2n) is 7.98. The number of nitrogens with zero attached hydrogens (tertiary/aromatic N) is 5. The van der Waals surface area contributed by atoms with Crippen molar-refractivity contribution in [2.45, 2.75) is 38.6 Å². The molecule has 4 aromatic rings. The average Bonchev–Trinajstić information content (AvgIpc) is 3.21. The number of aryl methyl sites for hydroxylation is 1. The Morgan fingerprint density at radius 3 is 2.03 bits per heavy atom. The SMILES string of the molecule is CCn1c(=O)c(C(=O)CSc2nnc(C)n2Cc2ccccc2)c(N)n(Cc2ccccc2)c1=O. The number of aromatic nitrogens is 5. The van der Waals surface area contributed by atoms with E-state index in [1.807, 2.05) is 72.2 Å². The maximum atomic E-state index is 13.2. The summed E-state index contributed by atoms with van der Waals surface area (Å²) in [4.78, 5) is 39.2. The largest absolute Gasteiger partial charge is 0.384 e. The monoisotopic (exact) mass is 490 g/mol. The highest BCUT2D eigenvalue weighted by Gasteiger charge is 2.23. The molecule has 2 aromatic carbocycles. The van der Waals surface area contributed by atoms with Crippen LogP contribution in [0.2, 0.25) is 0 Å². The zero-order valence-electron chi connectivity index (χ0n) is 19.5. The molecule has 0 aliphatic heterocycles. The number of anilines is 1. The molecular weight excluding hydrogens is 464 g/mol. The van der Waals surface area contributed by atoms with E-state index in [4.69, 9.17) is 5.73 Å². The lowest BCUT2D eigenvalue weighted by molar-refractivity contribution is 0.102. The number of thioether (sulfide) groups is 1. The summed E-state index contributed by atoms with van der Waals surface area (Å²) in [6, 6.07) is 19.1. The Bertz CT molecular complexity index is 1460. The fourth-order valence-corrected chi connectivity index (χ4v) is 4.65. The molecule has 0 aliphatic carbocycles. The number of nitrogens with two attached hydrogens (primary N) is 1. The van der Waals surface area contributed by atoms with Crippen molar-refractivity contribution in [3.63, 3.8) is 0 Å². The van der Waals surface area contributed by atoms with Gasteiger partial charge in [-0.1, -0.05) is 72.4 Å². The van der Waals surface area contributed by atoms with E-state index in [0.29, 0.717) is 17.5 Å². The van der Waals surface area contributed by atoms with Crippen LogP contribution in [0.1, 0.15) is 34.2 Å². The zero-order chi connectivity index (χ0) is 24.9. The van der Waals surface area contributed by atoms with Gasteiger partial charge in [0.15, 0.2) is 10.9 Å². The molecule has 180 valence electrons. The van der Waals surface area contributed by atoms with Crippen molar-refractivity contribution in [1.29, 1.82) is 0 Å². The van der Waals surface area contributed by atoms with Crippen molar-refractivity contribution < 1.29 is 4.79 Å². The Labute approximate surface area is 206 Å². The Morgan fingerprint density at radius 1 is 0.886 bits per heavy atom. The van der Waals surface area contributed by atoms with Gasteiger partial charge in [0.05, 0.1) is 18.8 Å². The zero-order valence-corrected chi connectivity index (χ0v) is 20.4. The molecule has 0 bridgehead atoms. The Kier molecular flexibility index (Phi) is 7.31. The molecule has 0 fully saturated rings. The number of hydrogen-bond donors (Lipinski definition) is 1. The molecule has 0 amide bonds. The van der Waals surface area contributed by atoms with Gasteiger partial charge in [-0.25, -0.2) is 4.79 Å². The molecular formula is C25H26N6O3S. The first-order valence-electron chi connectivity index (χ1n) is 11.2. The Morgan fingerprint density at radius 2 is 1.46 bits per heavy atom. The number of Topliss-reactive ketones (excluding diaryl/α,β-unsaturated/α-hetero) is 1. The van der Waals surface area contributed by atoms with E-state index in [9.17, 15) is 14.4 Å². The van der Waals surface area contributed by atoms with Gasteiger partial charge < -0.3 is 10.3 Å². The standard InChI is InChI=1S/C25H26N6O3S/c1-3-29-23(33)21(22(26)31(25(29)34)15-19-12-8-5-9-13-19)20(32)16-35-24-28-27-17(2)30(24)14-18-10-6-4-7-11-18/h4-13H,3,14-16,26H2,1-2H3. The predicted molar refractivity (Wildman–Crippen MR) is 136 cm³/mol. The lowest BCUT2D eigenvalue weighted by Gasteiger charge is -2.16. The Balaban J connectivity index is 1.63. The first-order valence-corrected chi connectivity index (χ1v) is 12.2. The van der Waals surface area contributed by atoms with Crippen LogP contribution in [0.5, 0.6) is 0 Å². The van der Waals surface area contributed by atoms with Crippen molar-refractivity contribution in [3.8, 4) is 0 Å². The predicted octanol–water partition coefficient (Wildman–Crippen LogP) is 2.58. The first kappa shape index (κ1) is 24.2. The van der Waals surface area contributed by atoms with Gasteiger partial charge in [0.25, 0.3) is 5.56 Å². The molecule has 2 aromatic heterocycles. The number of rotatable bonds is 9. The van der Waals surface area contributed by atoms with E-state index in [1.165, 1.54) is 16.3 Å². The number of benzene rings is 2. The van der Waals surface area contributed by atoms with E-state index in [2.05, 4.69) is 10.2 Å². The summed E-state index contributed by atoms with van der Waals surface area (Å²) < 4.78 is 4.23. The number of carbonyl (C=O) groups is 1. The molecule has 0 atom stereocenters. The minimum absolute atomic E-state index is 0.0698. The van der Waals surface area contributed by atoms with Gasteiger partial charge in [0.2, 0.25) is 0 Å². The second kappa shape index (κ2) is 10.6. The van der Waals surface area contributed by atoms with Gasteiger partial charge in [-0.3, -0.25) is 18.7 Å². The highest BCUT2D eigenvalue weighted by Crippen LogP contribution is 2.20. The summed E-state index contributed by atoms with van der Waals surface area (Å²) in [5.41, 5.74) is 6.76. The normalized spacial score (nSPS) is 11.0. The van der Waals surface area contributed by atoms with Crippen LogP contribution in [-0.2, 0) is 19.6 Å². The third-order valence-electron chi connectivity index (χ3n) is 5.66. The summed E-state index contributed by atoms with van der Waals surface area (Å²) >= 11 is 1.18. The van der Waals surface area contributed by atoms with Crippen LogP contribution in [0.25, 0.3) is 0 Å². The van der Waals surface area contributed by atoms with Crippen molar-refractivity contribution in [1.82, 2.24) is 23.9 Å². The summed E-state index contributed by atoms with van der Waals surface area (Å²) in [5.74, 6) is 0.0576. The number of hydrogen-bond acceptors (Lipinski definition) is 7. The fraction of sp³-hybridized carbons (Fsp3) is 0.240. The third kappa shape index (κ3) is 5.12. The lowest BCUT2D eigenvalue weighted by atomic mass is 10.2. The molecule has 0 saturated carbocycles. The number of ketones is 1. The van der Waals surface area contributed by atoms with Crippen molar-refractivity contribution in [3.05, 3.63) is 104 Å². The highest BCUT2D eigenvalue weighted by molar-refractivity contribution is 7.99. The van der Waals surface area contributed by atoms with E-state index in [-0.39, 0.29) is 30.2 Å². The van der Waals surface area contributed by atoms with E-state index in [0.717, 1.165) is 15.7 Å². The van der Waals surface area contributed by atoms with Gasteiger partial charge in [-0.15, -0.1) is 10.2 Å². The average molecular weight is 491 g/mol. The molecule has 2 N–H and O–H groups in total. The number of nitrogen functional groups attached to an aromatic ring is 1. The minimum atomic E-state index is -0.674. The second-order valence-corrected chi connectivity index (χ2v) is 8.92. The molecule has 10 heteroatoms. The van der Waals surface area contributed by atoms with Gasteiger partial charge in [-0.2, -0.15) is 0 Å². The molecule has 0 spiro atoms. The summed E-state index contributed by atoms with van der Waals surface area (Å²) in [7, 11) is 0. The van der Waals surface area contributed by atoms with Gasteiger partial charge >= 0.3 is 5.69 Å². The van der Waals surface area contributed by atoms with Crippen molar-refractivity contribution in [2.24, 2.45) is 0 Å². The quantitative estimate of drug-likeness (QED) is 0.283. The molecule has 35 heavy (non-hydrogen) atoms. The number of carbonyl (C=O) groups excluding carboxylic acids is 1. The minimum Gasteiger partial charge on any atom is -0.384 e. The molecule has 0 unspecified atom stereocenters. The molecule has 4 rings (SSSR count). The first-order chi connectivity index (χ1) is 16.9. The summed E-state index contributed by atoms with van der Waals surface area (Å²) in [5, 5.41) is 8.90. The van der Waals surface area contributed by atoms with Crippen LogP contribution in [0, 0.1) is 6.92 Å². The van der Waals surface area contributed by atoms with Crippen LogP contribution in [-0.4, -0.2) is 35.4 Å². The van der Waals surface area contributed by atoms with Gasteiger partial charge in [0.1, 0.15) is 17.2 Å². The van der Waals surface area contributed by atoms with E-state index < -0.39 is 17.0 Å². The lowest BCUT2D eigenvalue weighted by Crippen LogP contribution is -2.44. The molecule has 0 aliphatic rings.